The van der Waals surface area contributed by atoms with Crippen molar-refractivity contribution in [3.8, 4) is 0 Å². The van der Waals surface area contributed by atoms with Crippen molar-refractivity contribution in [2.24, 2.45) is 17.6 Å². The van der Waals surface area contributed by atoms with E-state index in [1.807, 2.05) is 0 Å². The summed E-state index contributed by atoms with van der Waals surface area (Å²) in [7, 11) is 0. The number of nitrogens with two attached hydrogens (primary N) is 1. The normalized spacial score (nSPS) is 37.9. The van der Waals surface area contributed by atoms with Crippen LogP contribution in [0.5, 0.6) is 0 Å². The molecule has 0 aromatic carbocycles. The fraction of sp³-hybridized carbons (Fsp3) is 0.583. The molecule has 5 nitrogen and oxygen atoms in total. The number of Topliss-reactive ketones (excluding diaryl/α,β-unsaturated/α-hetero) is 1. The van der Waals surface area contributed by atoms with Crippen molar-refractivity contribution in [3.05, 3.63) is 23.4 Å². The number of hydrogen-bond donors (Lipinski definition) is 4. The van der Waals surface area contributed by atoms with E-state index in [1.54, 1.807) is 12.2 Å². The first kappa shape index (κ1) is 12.3. The van der Waals surface area contributed by atoms with E-state index in [1.165, 1.54) is 0 Å². The van der Waals surface area contributed by atoms with Gasteiger partial charge in [-0.15, -0.1) is 0 Å². The van der Waals surface area contributed by atoms with Gasteiger partial charge in [-0.25, -0.2) is 0 Å². The van der Waals surface area contributed by atoms with Crippen LogP contribution in [0.2, 0.25) is 0 Å². The molecule has 2 aliphatic carbocycles. The second-order valence-corrected chi connectivity index (χ2v) is 4.73. The third kappa shape index (κ3) is 2.13. The highest BCUT2D eigenvalue weighted by Gasteiger charge is 2.44. The van der Waals surface area contributed by atoms with Crippen molar-refractivity contribution >= 4 is 5.78 Å². The number of aliphatic hydroxyl groups is 3. The van der Waals surface area contributed by atoms with Crippen LogP contribution in [-0.4, -0.2) is 39.9 Å². The van der Waals surface area contributed by atoms with Crippen LogP contribution in [0.1, 0.15) is 12.8 Å². The summed E-state index contributed by atoms with van der Waals surface area (Å²) >= 11 is 0. The third-order valence-corrected chi connectivity index (χ3v) is 3.60. The van der Waals surface area contributed by atoms with Crippen molar-refractivity contribution in [2.45, 2.75) is 25.0 Å². The number of hydrogen-bond acceptors (Lipinski definition) is 5. The maximum absolute atomic E-state index is 11.8. The van der Waals surface area contributed by atoms with Crippen LogP contribution in [0.3, 0.4) is 0 Å². The van der Waals surface area contributed by atoms with Crippen LogP contribution in [0.15, 0.2) is 23.4 Å². The lowest BCUT2D eigenvalue weighted by Gasteiger charge is -2.20. The number of allylic oxidation sites excluding steroid dienone is 3. The van der Waals surface area contributed by atoms with Crippen molar-refractivity contribution in [3.63, 3.8) is 0 Å². The van der Waals surface area contributed by atoms with Gasteiger partial charge < -0.3 is 21.1 Å². The van der Waals surface area contributed by atoms with E-state index in [0.717, 1.165) is 0 Å². The molecule has 0 aliphatic heterocycles. The molecule has 94 valence electrons. The molecule has 1 saturated carbocycles. The van der Waals surface area contributed by atoms with Gasteiger partial charge in [-0.2, -0.15) is 0 Å². The predicted molar refractivity (Wildman–Crippen MR) is 60.7 cm³/mol. The van der Waals surface area contributed by atoms with E-state index >= 15 is 0 Å². The average molecular weight is 239 g/mol. The van der Waals surface area contributed by atoms with Crippen molar-refractivity contribution < 1.29 is 20.1 Å². The molecule has 0 radical (unpaired) electrons. The van der Waals surface area contributed by atoms with Crippen molar-refractivity contribution in [1.29, 1.82) is 0 Å². The minimum absolute atomic E-state index is 0.111. The van der Waals surface area contributed by atoms with E-state index in [-0.39, 0.29) is 24.7 Å². The first-order valence-corrected chi connectivity index (χ1v) is 5.71. The lowest BCUT2D eigenvalue weighted by molar-refractivity contribution is -0.116. The van der Waals surface area contributed by atoms with Gasteiger partial charge in [-0.05, 0) is 12.5 Å². The summed E-state index contributed by atoms with van der Waals surface area (Å²) in [5.74, 6) is -0.884. The first-order chi connectivity index (χ1) is 8.04. The van der Waals surface area contributed by atoms with E-state index < -0.39 is 18.1 Å². The Morgan fingerprint density at radius 2 is 2.00 bits per heavy atom. The van der Waals surface area contributed by atoms with Gasteiger partial charge in [0.05, 0.1) is 18.6 Å². The lowest BCUT2D eigenvalue weighted by Crippen LogP contribution is -2.31. The van der Waals surface area contributed by atoms with E-state index in [9.17, 15) is 15.0 Å². The van der Waals surface area contributed by atoms with Gasteiger partial charge in [0, 0.05) is 29.7 Å². The Hall–Kier alpha value is -1.17. The smallest absolute Gasteiger partial charge is 0.165 e. The van der Waals surface area contributed by atoms with Gasteiger partial charge in [0.15, 0.2) is 5.78 Å². The minimum Gasteiger partial charge on any atom is -0.402 e. The Morgan fingerprint density at radius 1 is 1.29 bits per heavy atom. The number of aliphatic hydroxyl groups excluding tert-OH is 3. The monoisotopic (exact) mass is 239 g/mol. The molecule has 0 bridgehead atoms. The SMILES string of the molecule is NC1=CC=C(C2C[C@H](CO)[C@@H](O)[C@H]2O)C(=O)C1. The van der Waals surface area contributed by atoms with Crippen LogP contribution < -0.4 is 5.73 Å². The summed E-state index contributed by atoms with van der Waals surface area (Å²) in [6.07, 6.45) is 1.89. The molecule has 1 unspecified atom stereocenters. The molecule has 2 rings (SSSR count). The molecule has 17 heavy (non-hydrogen) atoms. The number of ketones is 1. The van der Waals surface area contributed by atoms with Gasteiger partial charge in [0.25, 0.3) is 0 Å². The average Bonchev–Trinajstić information content (AvgIpc) is 2.57. The summed E-state index contributed by atoms with van der Waals surface area (Å²) in [4.78, 5) is 11.8. The molecule has 0 aromatic heterocycles. The van der Waals surface area contributed by atoms with Crippen molar-refractivity contribution in [2.75, 3.05) is 6.61 Å². The zero-order chi connectivity index (χ0) is 12.6. The highest BCUT2D eigenvalue weighted by Crippen LogP contribution is 2.37. The standard InChI is InChI=1S/C12H17NO4/c13-7-1-2-8(10(15)4-7)9-3-6(5-14)11(16)12(9)17/h1-2,6,9,11-12,14,16-17H,3-5,13H2/t6-,9?,11-,12+/m1/s1. The molecule has 4 atom stereocenters. The molecule has 5 N–H and O–H groups in total. The van der Waals surface area contributed by atoms with E-state index in [0.29, 0.717) is 17.7 Å². The quantitative estimate of drug-likeness (QED) is 0.499. The Morgan fingerprint density at radius 3 is 2.53 bits per heavy atom. The Kier molecular flexibility index (Phi) is 3.33. The molecule has 0 saturated heterocycles. The zero-order valence-electron chi connectivity index (χ0n) is 9.41. The zero-order valence-corrected chi connectivity index (χ0v) is 9.41. The Labute approximate surface area is 99.2 Å². The maximum Gasteiger partial charge on any atom is 0.165 e. The van der Waals surface area contributed by atoms with Crippen LogP contribution in [-0.2, 0) is 4.79 Å². The molecule has 1 fully saturated rings. The summed E-state index contributed by atoms with van der Waals surface area (Å²) in [5, 5.41) is 28.7. The number of carbonyl (C=O) groups is 1. The molecule has 0 amide bonds. The molecule has 0 heterocycles. The van der Waals surface area contributed by atoms with Crippen LogP contribution in [0, 0.1) is 11.8 Å². The minimum atomic E-state index is -0.991. The molecular formula is C12H17NO4. The lowest BCUT2D eigenvalue weighted by atomic mass is 9.87. The van der Waals surface area contributed by atoms with Gasteiger partial charge in [0.2, 0.25) is 0 Å². The predicted octanol–water partition coefficient (Wildman–Crippen LogP) is -0.922. The molecule has 2 aliphatic rings. The van der Waals surface area contributed by atoms with E-state index in [4.69, 9.17) is 10.8 Å². The highest BCUT2D eigenvalue weighted by atomic mass is 16.3. The number of rotatable bonds is 2. The summed E-state index contributed by atoms with van der Waals surface area (Å²) in [5.41, 5.74) is 6.55. The summed E-state index contributed by atoms with van der Waals surface area (Å²) < 4.78 is 0. The highest BCUT2D eigenvalue weighted by molar-refractivity contribution is 5.98. The van der Waals surface area contributed by atoms with Gasteiger partial charge in [0.1, 0.15) is 0 Å². The molecule has 0 spiro atoms. The fourth-order valence-electron chi connectivity index (χ4n) is 2.58. The van der Waals surface area contributed by atoms with Crippen LogP contribution in [0.4, 0.5) is 0 Å². The Bertz CT molecular complexity index is 388. The maximum atomic E-state index is 11.8. The fourth-order valence-corrected chi connectivity index (χ4v) is 2.58. The van der Waals surface area contributed by atoms with Gasteiger partial charge in [-0.3, -0.25) is 4.79 Å². The van der Waals surface area contributed by atoms with Crippen LogP contribution in [0.25, 0.3) is 0 Å². The summed E-state index contributed by atoms with van der Waals surface area (Å²) in [6, 6.07) is 0. The second kappa shape index (κ2) is 4.60. The van der Waals surface area contributed by atoms with Crippen molar-refractivity contribution in [1.82, 2.24) is 0 Å². The Balaban J connectivity index is 2.21. The largest absolute Gasteiger partial charge is 0.402 e. The summed E-state index contributed by atoms with van der Waals surface area (Å²) in [6.45, 7) is -0.186. The van der Waals surface area contributed by atoms with E-state index in [2.05, 4.69) is 0 Å². The van der Waals surface area contributed by atoms with Gasteiger partial charge in [-0.1, -0.05) is 6.08 Å². The third-order valence-electron chi connectivity index (χ3n) is 3.60. The molecular weight excluding hydrogens is 222 g/mol. The van der Waals surface area contributed by atoms with Crippen LogP contribution >= 0.6 is 0 Å². The molecule has 0 aromatic rings. The second-order valence-electron chi connectivity index (χ2n) is 4.73. The van der Waals surface area contributed by atoms with Gasteiger partial charge >= 0.3 is 0 Å². The topological polar surface area (TPSA) is 104 Å². The first-order valence-electron chi connectivity index (χ1n) is 5.71. The number of carbonyl (C=O) groups excluding carboxylic acids is 1. The molecule has 5 heteroatoms.